The van der Waals surface area contributed by atoms with E-state index >= 15 is 0 Å². The molecule has 0 saturated carbocycles. The molecule has 42 heavy (non-hydrogen) atoms. The summed E-state index contributed by atoms with van der Waals surface area (Å²) in [5, 5.41) is 15.2. The second kappa shape index (κ2) is 12.9. The van der Waals surface area contributed by atoms with Gasteiger partial charge in [-0.05, 0) is 53.1 Å². The highest BCUT2D eigenvalue weighted by Crippen LogP contribution is 2.44. The van der Waals surface area contributed by atoms with Gasteiger partial charge in [-0.2, -0.15) is 0 Å². The van der Waals surface area contributed by atoms with Crippen LogP contribution in [0.5, 0.6) is 0 Å². The summed E-state index contributed by atoms with van der Waals surface area (Å²) in [5.41, 5.74) is 5.32. The lowest BCUT2D eigenvalue weighted by Crippen LogP contribution is -2.50. The summed E-state index contributed by atoms with van der Waals surface area (Å²) in [5.74, 6) is -1.97. The molecule has 5 rings (SSSR count). The molecule has 0 aromatic heterocycles. The second-order valence-electron chi connectivity index (χ2n) is 10.2. The number of carboxylic acid groups (broad SMARTS) is 1. The molecule has 3 N–H and O–H groups in total. The number of benzene rings is 4. The molecule has 0 aliphatic heterocycles. The van der Waals surface area contributed by atoms with Crippen LogP contribution in [0.1, 0.15) is 33.0 Å². The average Bonchev–Trinajstić information content (AvgIpc) is 3.30. The first-order valence-corrected chi connectivity index (χ1v) is 13.9. The molecule has 1 unspecified atom stereocenters. The Bertz CT molecular complexity index is 1570. The van der Waals surface area contributed by atoms with Crippen molar-refractivity contribution in [1.29, 1.82) is 0 Å². The number of hydrogen-bond donors (Lipinski definition) is 3. The third kappa shape index (κ3) is 6.62. The molecule has 1 atom stereocenters. The zero-order chi connectivity index (χ0) is 29.6. The molecule has 4 aromatic rings. The zero-order valence-corrected chi connectivity index (χ0v) is 23.7. The maximum Gasteiger partial charge on any atom is 0.407 e. The number of anilines is 1. The molecule has 0 bridgehead atoms. The number of alkyl carbamates (subject to hydrolysis) is 1. The van der Waals surface area contributed by atoms with Crippen LogP contribution in [-0.2, 0) is 16.1 Å². The maximum absolute atomic E-state index is 13.4. The number of halogens is 1. The van der Waals surface area contributed by atoms with Gasteiger partial charge in [-0.25, -0.2) is 9.59 Å². The SMILES string of the molecule is CN(Cc1ccccc1)CC(NC(=O)OCC1c2ccccc2-c2ccccc21)C(=O)Nc1ccc(Cl)cc1C(=O)O. The number of hydrogen-bond acceptors (Lipinski definition) is 5. The number of aromatic carboxylic acids is 1. The maximum atomic E-state index is 13.4. The number of fused-ring (bicyclic) bond motifs is 3. The van der Waals surface area contributed by atoms with Crippen molar-refractivity contribution in [2.24, 2.45) is 0 Å². The molecule has 0 radical (unpaired) electrons. The Morgan fingerprint density at radius 2 is 1.52 bits per heavy atom. The molecule has 9 heteroatoms. The monoisotopic (exact) mass is 583 g/mol. The highest BCUT2D eigenvalue weighted by Gasteiger charge is 2.30. The minimum atomic E-state index is -1.24. The van der Waals surface area contributed by atoms with Crippen LogP contribution in [-0.4, -0.2) is 54.2 Å². The summed E-state index contributed by atoms with van der Waals surface area (Å²) in [6.45, 7) is 0.758. The smallest absolute Gasteiger partial charge is 0.407 e. The molecule has 1 aliphatic rings. The molecule has 0 saturated heterocycles. The second-order valence-corrected chi connectivity index (χ2v) is 10.6. The Morgan fingerprint density at radius 1 is 0.905 bits per heavy atom. The zero-order valence-electron chi connectivity index (χ0n) is 22.9. The predicted octanol–water partition coefficient (Wildman–Crippen LogP) is 6.02. The first-order valence-electron chi connectivity index (χ1n) is 13.5. The van der Waals surface area contributed by atoms with Crippen LogP contribution in [0.3, 0.4) is 0 Å². The number of carbonyl (C=O) groups is 3. The topological polar surface area (TPSA) is 108 Å². The van der Waals surface area contributed by atoms with E-state index in [1.165, 1.54) is 18.2 Å². The summed E-state index contributed by atoms with van der Waals surface area (Å²) in [4.78, 5) is 40.2. The van der Waals surface area contributed by atoms with Crippen LogP contribution in [0, 0.1) is 0 Å². The van der Waals surface area contributed by atoms with Gasteiger partial charge in [-0.3, -0.25) is 9.69 Å². The summed E-state index contributed by atoms with van der Waals surface area (Å²) < 4.78 is 5.69. The number of amides is 2. The van der Waals surface area contributed by atoms with Gasteiger partial charge in [0.1, 0.15) is 12.6 Å². The third-order valence-electron chi connectivity index (χ3n) is 7.21. The molecule has 0 spiro atoms. The summed E-state index contributed by atoms with van der Waals surface area (Å²) >= 11 is 5.97. The van der Waals surface area contributed by atoms with Gasteiger partial charge in [-0.1, -0.05) is 90.5 Å². The fourth-order valence-corrected chi connectivity index (χ4v) is 5.44. The quantitative estimate of drug-likeness (QED) is 0.211. The van der Waals surface area contributed by atoms with E-state index in [0.717, 1.165) is 27.8 Å². The van der Waals surface area contributed by atoms with Crippen molar-refractivity contribution in [3.63, 3.8) is 0 Å². The van der Waals surface area contributed by atoms with Crippen molar-refractivity contribution < 1.29 is 24.2 Å². The van der Waals surface area contributed by atoms with Gasteiger partial charge >= 0.3 is 12.1 Å². The van der Waals surface area contributed by atoms with Crippen LogP contribution in [0.25, 0.3) is 11.1 Å². The van der Waals surface area contributed by atoms with Gasteiger partial charge in [0.25, 0.3) is 0 Å². The molecular weight excluding hydrogens is 554 g/mol. The summed E-state index contributed by atoms with van der Waals surface area (Å²) in [6.07, 6.45) is -0.750. The number of rotatable bonds is 10. The summed E-state index contributed by atoms with van der Waals surface area (Å²) in [6, 6.07) is 28.9. The van der Waals surface area contributed by atoms with Crippen molar-refractivity contribution in [1.82, 2.24) is 10.2 Å². The lowest BCUT2D eigenvalue weighted by Gasteiger charge is -2.25. The first kappa shape index (κ1) is 28.9. The Labute approximate surface area is 248 Å². The standard InChI is InChI=1S/C33H30ClN3O5/c1-37(18-21-9-3-2-4-10-21)19-30(31(38)35-29-16-15-22(34)17-27(29)32(39)40)36-33(41)42-20-28-25-13-7-5-11-23(25)24-12-6-8-14-26(24)28/h2-17,28,30H,18-20H2,1H3,(H,35,38)(H,36,41)(H,39,40). The normalized spacial score (nSPS) is 12.7. The van der Waals surface area contributed by atoms with Crippen LogP contribution >= 0.6 is 11.6 Å². The van der Waals surface area contributed by atoms with Crippen LogP contribution in [0.15, 0.2) is 97.1 Å². The molecule has 4 aromatic carbocycles. The van der Waals surface area contributed by atoms with Crippen molar-refractivity contribution >= 4 is 35.3 Å². The number of carbonyl (C=O) groups excluding carboxylic acids is 2. The van der Waals surface area contributed by atoms with E-state index in [1.807, 2.05) is 78.7 Å². The van der Waals surface area contributed by atoms with E-state index in [9.17, 15) is 19.5 Å². The summed E-state index contributed by atoms with van der Waals surface area (Å²) in [7, 11) is 1.83. The first-order chi connectivity index (χ1) is 20.3. The van der Waals surface area contributed by atoms with E-state index in [4.69, 9.17) is 16.3 Å². The number of nitrogens with one attached hydrogen (secondary N) is 2. The van der Waals surface area contributed by atoms with E-state index < -0.39 is 24.0 Å². The van der Waals surface area contributed by atoms with Crippen molar-refractivity contribution in [3.05, 3.63) is 124 Å². The van der Waals surface area contributed by atoms with Gasteiger partial charge in [0, 0.05) is 24.0 Å². The van der Waals surface area contributed by atoms with E-state index in [1.54, 1.807) is 0 Å². The van der Waals surface area contributed by atoms with Crippen molar-refractivity contribution in [3.8, 4) is 11.1 Å². The molecular formula is C33H30ClN3O5. The highest BCUT2D eigenvalue weighted by atomic mass is 35.5. The molecule has 0 fully saturated rings. The number of ether oxygens (including phenoxy) is 1. The minimum absolute atomic E-state index is 0.0712. The third-order valence-corrected chi connectivity index (χ3v) is 7.45. The Kier molecular flexibility index (Phi) is 8.85. The fraction of sp³-hybridized carbons (Fsp3) is 0.182. The van der Waals surface area contributed by atoms with Gasteiger partial charge in [0.05, 0.1) is 11.3 Å². The van der Waals surface area contributed by atoms with Crippen LogP contribution in [0.4, 0.5) is 10.5 Å². The van der Waals surface area contributed by atoms with Gasteiger partial charge < -0.3 is 20.5 Å². The van der Waals surface area contributed by atoms with Crippen molar-refractivity contribution in [2.45, 2.75) is 18.5 Å². The Hall–Kier alpha value is -4.66. The number of likely N-dealkylation sites (N-methyl/N-ethyl adjacent to an activating group) is 1. The minimum Gasteiger partial charge on any atom is -0.478 e. The molecule has 1 aliphatic carbocycles. The predicted molar refractivity (Wildman–Crippen MR) is 162 cm³/mol. The van der Waals surface area contributed by atoms with Crippen molar-refractivity contribution in [2.75, 3.05) is 25.5 Å². The van der Waals surface area contributed by atoms with E-state index in [2.05, 4.69) is 22.8 Å². The Morgan fingerprint density at radius 3 is 2.17 bits per heavy atom. The largest absolute Gasteiger partial charge is 0.478 e. The van der Waals surface area contributed by atoms with E-state index in [0.29, 0.717) is 6.54 Å². The van der Waals surface area contributed by atoms with Crippen LogP contribution < -0.4 is 10.6 Å². The van der Waals surface area contributed by atoms with Crippen LogP contribution in [0.2, 0.25) is 5.02 Å². The lowest BCUT2D eigenvalue weighted by atomic mass is 9.98. The Balaban J connectivity index is 1.31. The number of carboxylic acids is 1. The van der Waals surface area contributed by atoms with E-state index in [-0.39, 0.29) is 35.3 Å². The van der Waals surface area contributed by atoms with Gasteiger partial charge in [0.2, 0.25) is 5.91 Å². The molecule has 8 nitrogen and oxygen atoms in total. The highest BCUT2D eigenvalue weighted by molar-refractivity contribution is 6.31. The average molecular weight is 584 g/mol. The van der Waals surface area contributed by atoms with Gasteiger partial charge in [0.15, 0.2) is 0 Å². The molecule has 214 valence electrons. The van der Waals surface area contributed by atoms with Gasteiger partial charge in [-0.15, -0.1) is 0 Å². The number of nitrogens with zero attached hydrogens (tertiary/aromatic N) is 1. The lowest BCUT2D eigenvalue weighted by molar-refractivity contribution is -0.118. The molecule has 0 heterocycles. The molecule has 2 amide bonds. The fourth-order valence-electron chi connectivity index (χ4n) is 5.27.